The van der Waals surface area contributed by atoms with Gasteiger partial charge >= 0.3 is 0 Å². The van der Waals surface area contributed by atoms with E-state index in [1.807, 2.05) is 30.3 Å². The van der Waals surface area contributed by atoms with Gasteiger partial charge in [-0.15, -0.1) is 0 Å². The number of anilines is 1. The number of benzene rings is 4. The Morgan fingerprint density at radius 3 is 2.39 bits per heavy atom. The summed E-state index contributed by atoms with van der Waals surface area (Å²) in [5, 5.41) is 3.43. The van der Waals surface area contributed by atoms with E-state index in [4.69, 9.17) is 21.1 Å². The number of hydrogen-bond acceptors (Lipinski definition) is 4. The van der Waals surface area contributed by atoms with Gasteiger partial charge in [-0.05, 0) is 53.1 Å². The van der Waals surface area contributed by atoms with Gasteiger partial charge < -0.3 is 19.7 Å². The standard InChI is InChI=1S/C30H24ClFN2O4/c31-23-11-9-21(10-12-23)18-34(28(35)15-20-5-2-1-3-6-20)29(22-7-4-8-24(32)16-22)30(36)33-25-13-14-26-27(17-25)38-19-37-26/h1-14,16-17,29H,15,18-19H2,(H,33,36). The number of halogens is 2. The van der Waals surface area contributed by atoms with Crippen LogP contribution in [0.1, 0.15) is 22.7 Å². The van der Waals surface area contributed by atoms with E-state index in [9.17, 15) is 14.0 Å². The summed E-state index contributed by atoms with van der Waals surface area (Å²) in [6, 6.07) is 25.9. The number of ether oxygens (including phenoxy) is 2. The van der Waals surface area contributed by atoms with Crippen LogP contribution in [-0.2, 0) is 22.6 Å². The van der Waals surface area contributed by atoms with Crippen molar-refractivity contribution in [1.82, 2.24) is 4.90 Å². The Labute approximate surface area is 224 Å². The van der Waals surface area contributed by atoms with E-state index < -0.39 is 17.8 Å². The molecular formula is C30H24ClFN2O4. The van der Waals surface area contributed by atoms with Crippen LogP contribution >= 0.6 is 11.6 Å². The van der Waals surface area contributed by atoms with E-state index in [1.54, 1.807) is 48.5 Å². The average Bonchev–Trinajstić information content (AvgIpc) is 3.38. The molecule has 1 N–H and O–H groups in total. The number of carbonyl (C=O) groups is 2. The number of nitrogens with one attached hydrogen (secondary N) is 1. The van der Waals surface area contributed by atoms with Crippen molar-refractivity contribution >= 4 is 29.1 Å². The highest BCUT2D eigenvalue weighted by molar-refractivity contribution is 6.30. The van der Waals surface area contributed by atoms with Crippen molar-refractivity contribution in [2.75, 3.05) is 12.1 Å². The minimum Gasteiger partial charge on any atom is -0.454 e. The van der Waals surface area contributed by atoms with Crippen molar-refractivity contribution < 1.29 is 23.5 Å². The molecule has 1 atom stereocenters. The maximum atomic E-state index is 14.4. The molecule has 0 saturated heterocycles. The number of amides is 2. The molecular weight excluding hydrogens is 507 g/mol. The summed E-state index contributed by atoms with van der Waals surface area (Å²) in [7, 11) is 0. The number of nitrogens with zero attached hydrogens (tertiary/aromatic N) is 1. The Morgan fingerprint density at radius 1 is 0.868 bits per heavy atom. The van der Waals surface area contributed by atoms with E-state index >= 15 is 0 Å². The summed E-state index contributed by atoms with van der Waals surface area (Å²) >= 11 is 6.07. The highest BCUT2D eigenvalue weighted by Crippen LogP contribution is 2.35. The van der Waals surface area contributed by atoms with Gasteiger partial charge in [0, 0.05) is 23.3 Å². The molecule has 0 fully saturated rings. The van der Waals surface area contributed by atoms with Crippen LogP contribution < -0.4 is 14.8 Å². The molecule has 0 aromatic heterocycles. The van der Waals surface area contributed by atoms with Gasteiger partial charge in [-0.3, -0.25) is 9.59 Å². The fourth-order valence-corrected chi connectivity index (χ4v) is 4.44. The summed E-state index contributed by atoms with van der Waals surface area (Å²) in [6.07, 6.45) is 0.0670. The van der Waals surface area contributed by atoms with Crippen LogP contribution in [0.5, 0.6) is 11.5 Å². The Kier molecular flexibility index (Phi) is 7.56. The molecule has 6 nitrogen and oxygen atoms in total. The molecule has 0 spiro atoms. The Balaban J connectivity index is 1.52. The van der Waals surface area contributed by atoms with Gasteiger partial charge in [-0.25, -0.2) is 4.39 Å². The first-order valence-electron chi connectivity index (χ1n) is 12.0. The van der Waals surface area contributed by atoms with E-state index in [0.717, 1.165) is 11.1 Å². The molecule has 8 heteroatoms. The lowest BCUT2D eigenvalue weighted by atomic mass is 10.0. The molecule has 4 aromatic carbocycles. The first-order chi connectivity index (χ1) is 18.5. The second-order valence-corrected chi connectivity index (χ2v) is 9.26. The van der Waals surface area contributed by atoms with Gasteiger partial charge in [-0.1, -0.05) is 66.2 Å². The molecule has 2 amide bonds. The predicted molar refractivity (Wildman–Crippen MR) is 142 cm³/mol. The summed E-state index contributed by atoms with van der Waals surface area (Å²) in [4.78, 5) is 29.1. The zero-order valence-corrected chi connectivity index (χ0v) is 21.0. The topological polar surface area (TPSA) is 67.9 Å². The fourth-order valence-electron chi connectivity index (χ4n) is 4.32. The molecule has 0 bridgehead atoms. The smallest absolute Gasteiger partial charge is 0.251 e. The molecule has 1 aliphatic rings. The second-order valence-electron chi connectivity index (χ2n) is 8.83. The van der Waals surface area contributed by atoms with E-state index in [-0.39, 0.29) is 25.7 Å². The normalized spacial score (nSPS) is 12.6. The molecule has 5 rings (SSSR count). The average molecular weight is 531 g/mol. The van der Waals surface area contributed by atoms with Crippen LogP contribution in [0.3, 0.4) is 0 Å². The van der Waals surface area contributed by atoms with Gasteiger partial charge in [0.05, 0.1) is 6.42 Å². The van der Waals surface area contributed by atoms with Gasteiger partial charge in [-0.2, -0.15) is 0 Å². The molecule has 192 valence electrons. The highest BCUT2D eigenvalue weighted by atomic mass is 35.5. The van der Waals surface area contributed by atoms with Gasteiger partial charge in [0.2, 0.25) is 12.7 Å². The monoisotopic (exact) mass is 530 g/mol. The van der Waals surface area contributed by atoms with Crippen LogP contribution in [-0.4, -0.2) is 23.5 Å². The minimum atomic E-state index is -1.12. The molecule has 4 aromatic rings. The van der Waals surface area contributed by atoms with E-state index in [2.05, 4.69) is 5.32 Å². The number of rotatable bonds is 8. The van der Waals surface area contributed by atoms with Crippen molar-refractivity contribution in [2.45, 2.75) is 19.0 Å². The first-order valence-corrected chi connectivity index (χ1v) is 12.4. The number of fused-ring (bicyclic) bond motifs is 1. The molecule has 38 heavy (non-hydrogen) atoms. The highest BCUT2D eigenvalue weighted by Gasteiger charge is 2.32. The molecule has 1 aliphatic heterocycles. The third-order valence-electron chi connectivity index (χ3n) is 6.15. The van der Waals surface area contributed by atoms with Crippen LogP contribution in [0.15, 0.2) is 97.1 Å². The van der Waals surface area contributed by atoms with Crippen molar-refractivity contribution in [3.63, 3.8) is 0 Å². The molecule has 1 unspecified atom stereocenters. The van der Waals surface area contributed by atoms with Crippen LogP contribution in [0.4, 0.5) is 10.1 Å². The zero-order chi connectivity index (χ0) is 26.5. The lowest BCUT2D eigenvalue weighted by Crippen LogP contribution is -2.41. The lowest BCUT2D eigenvalue weighted by molar-refractivity contribution is -0.139. The fraction of sp³-hybridized carbons (Fsp3) is 0.133. The Hall–Kier alpha value is -4.36. The summed E-state index contributed by atoms with van der Waals surface area (Å²) < 4.78 is 25.1. The van der Waals surface area contributed by atoms with Gasteiger partial charge in [0.25, 0.3) is 5.91 Å². The molecule has 0 saturated carbocycles. The zero-order valence-electron chi connectivity index (χ0n) is 20.3. The second kappa shape index (κ2) is 11.4. The van der Waals surface area contributed by atoms with Crippen LogP contribution in [0, 0.1) is 5.82 Å². The summed E-state index contributed by atoms with van der Waals surface area (Å²) in [5.41, 5.74) is 2.38. The van der Waals surface area contributed by atoms with Crippen molar-refractivity contribution in [3.8, 4) is 11.5 Å². The Morgan fingerprint density at radius 2 is 1.63 bits per heavy atom. The van der Waals surface area contributed by atoms with Crippen molar-refractivity contribution in [2.24, 2.45) is 0 Å². The van der Waals surface area contributed by atoms with Gasteiger partial charge in [0.15, 0.2) is 11.5 Å². The number of carbonyl (C=O) groups excluding carboxylic acids is 2. The summed E-state index contributed by atoms with van der Waals surface area (Å²) in [5.74, 6) is -0.216. The quantitative estimate of drug-likeness (QED) is 0.296. The maximum Gasteiger partial charge on any atom is 0.251 e. The van der Waals surface area contributed by atoms with Crippen molar-refractivity contribution in [3.05, 3.63) is 125 Å². The first kappa shape index (κ1) is 25.3. The SMILES string of the molecule is O=C(Nc1ccc2c(c1)OCO2)C(c1cccc(F)c1)N(Cc1ccc(Cl)cc1)C(=O)Cc1ccccc1. The maximum absolute atomic E-state index is 14.4. The molecule has 0 aliphatic carbocycles. The predicted octanol–water partition coefficient (Wildman–Crippen LogP) is 6.16. The minimum absolute atomic E-state index is 0.0670. The largest absolute Gasteiger partial charge is 0.454 e. The Bertz CT molecular complexity index is 1450. The van der Waals surface area contributed by atoms with Crippen LogP contribution in [0.25, 0.3) is 0 Å². The van der Waals surface area contributed by atoms with E-state index in [1.165, 1.54) is 23.1 Å². The summed E-state index contributed by atoms with van der Waals surface area (Å²) in [6.45, 7) is 0.208. The molecule has 1 heterocycles. The van der Waals surface area contributed by atoms with E-state index in [0.29, 0.717) is 27.8 Å². The van der Waals surface area contributed by atoms with Crippen LogP contribution in [0.2, 0.25) is 5.02 Å². The van der Waals surface area contributed by atoms with Crippen molar-refractivity contribution in [1.29, 1.82) is 0 Å². The third-order valence-corrected chi connectivity index (χ3v) is 6.40. The molecule has 0 radical (unpaired) electrons. The third kappa shape index (κ3) is 5.95. The number of hydrogen-bond donors (Lipinski definition) is 1. The van der Waals surface area contributed by atoms with Gasteiger partial charge in [0.1, 0.15) is 11.9 Å². The lowest BCUT2D eigenvalue weighted by Gasteiger charge is -2.32.